The summed E-state index contributed by atoms with van der Waals surface area (Å²) in [5, 5.41) is 4.90. The van der Waals surface area contributed by atoms with E-state index in [1.54, 1.807) is 19.0 Å². The molecule has 1 heterocycles. The zero-order valence-electron chi connectivity index (χ0n) is 11.3. The van der Waals surface area contributed by atoms with Gasteiger partial charge in [0.05, 0.1) is 11.1 Å². The van der Waals surface area contributed by atoms with E-state index in [4.69, 9.17) is 11.6 Å². The van der Waals surface area contributed by atoms with Crippen LogP contribution in [0.2, 0.25) is 5.02 Å². The SMILES string of the molecule is CC(NCc1[nH]c2ccccc2c1Cl)C(=O)N(C)C. The minimum atomic E-state index is -0.238. The number of nitrogens with zero attached hydrogens (tertiary/aromatic N) is 1. The molecule has 0 saturated carbocycles. The fourth-order valence-corrected chi connectivity index (χ4v) is 2.29. The molecule has 5 heteroatoms. The van der Waals surface area contributed by atoms with E-state index in [0.29, 0.717) is 11.6 Å². The van der Waals surface area contributed by atoms with E-state index in [1.165, 1.54) is 0 Å². The first-order valence-electron chi connectivity index (χ1n) is 6.20. The van der Waals surface area contributed by atoms with Crippen LogP contribution in [0.25, 0.3) is 10.9 Å². The monoisotopic (exact) mass is 279 g/mol. The van der Waals surface area contributed by atoms with Crippen molar-refractivity contribution in [2.45, 2.75) is 19.5 Å². The van der Waals surface area contributed by atoms with E-state index >= 15 is 0 Å². The standard InChI is InChI=1S/C14H18ClN3O/c1-9(14(19)18(2)3)16-8-12-13(15)10-6-4-5-7-11(10)17-12/h4-7,9,16-17H,8H2,1-3H3. The minimum absolute atomic E-state index is 0.0484. The Morgan fingerprint density at radius 1 is 1.42 bits per heavy atom. The van der Waals surface area contributed by atoms with Crippen molar-refractivity contribution in [1.82, 2.24) is 15.2 Å². The van der Waals surface area contributed by atoms with Gasteiger partial charge in [-0.3, -0.25) is 4.79 Å². The number of carbonyl (C=O) groups excluding carboxylic acids is 1. The third-order valence-corrected chi connectivity index (χ3v) is 3.54. The summed E-state index contributed by atoms with van der Waals surface area (Å²) in [6.45, 7) is 2.38. The molecule has 1 aromatic heterocycles. The Kier molecular flexibility index (Phi) is 4.12. The number of aromatic nitrogens is 1. The van der Waals surface area contributed by atoms with E-state index in [-0.39, 0.29) is 11.9 Å². The summed E-state index contributed by atoms with van der Waals surface area (Å²) in [7, 11) is 3.49. The van der Waals surface area contributed by atoms with Gasteiger partial charge in [0.1, 0.15) is 0 Å². The maximum Gasteiger partial charge on any atom is 0.238 e. The highest BCUT2D eigenvalue weighted by Crippen LogP contribution is 2.26. The second-order valence-corrected chi connectivity index (χ2v) is 5.18. The van der Waals surface area contributed by atoms with Crippen LogP contribution in [0, 0.1) is 0 Å². The normalized spacial score (nSPS) is 12.6. The average Bonchev–Trinajstić information content (AvgIpc) is 2.72. The highest BCUT2D eigenvalue weighted by molar-refractivity contribution is 6.36. The van der Waals surface area contributed by atoms with Gasteiger partial charge >= 0.3 is 0 Å². The van der Waals surface area contributed by atoms with Gasteiger partial charge in [0, 0.05) is 37.2 Å². The van der Waals surface area contributed by atoms with Crippen LogP contribution in [-0.2, 0) is 11.3 Å². The molecule has 1 atom stereocenters. The van der Waals surface area contributed by atoms with Crippen LogP contribution < -0.4 is 5.32 Å². The van der Waals surface area contributed by atoms with Gasteiger partial charge in [0.2, 0.25) is 5.91 Å². The second-order valence-electron chi connectivity index (χ2n) is 4.80. The van der Waals surface area contributed by atoms with Gasteiger partial charge < -0.3 is 15.2 Å². The van der Waals surface area contributed by atoms with E-state index in [0.717, 1.165) is 16.6 Å². The molecule has 4 nitrogen and oxygen atoms in total. The van der Waals surface area contributed by atoms with Crippen molar-refractivity contribution < 1.29 is 4.79 Å². The lowest BCUT2D eigenvalue weighted by molar-refractivity contribution is -0.130. The molecular weight excluding hydrogens is 262 g/mol. The van der Waals surface area contributed by atoms with E-state index in [9.17, 15) is 4.79 Å². The molecule has 2 rings (SSSR count). The number of likely N-dealkylation sites (N-methyl/N-ethyl adjacent to an activating group) is 1. The zero-order valence-corrected chi connectivity index (χ0v) is 12.1. The lowest BCUT2D eigenvalue weighted by Gasteiger charge is -2.17. The highest BCUT2D eigenvalue weighted by atomic mass is 35.5. The predicted octanol–water partition coefficient (Wildman–Crippen LogP) is 2.39. The van der Waals surface area contributed by atoms with Gasteiger partial charge in [-0.25, -0.2) is 0 Å². The molecule has 0 fully saturated rings. The number of hydrogen-bond donors (Lipinski definition) is 2. The molecule has 0 aliphatic rings. The fourth-order valence-electron chi connectivity index (χ4n) is 2.02. The quantitative estimate of drug-likeness (QED) is 0.903. The summed E-state index contributed by atoms with van der Waals surface area (Å²) in [5.41, 5.74) is 1.91. The number of amides is 1. The third kappa shape index (κ3) is 2.91. The molecule has 0 bridgehead atoms. The van der Waals surface area contributed by atoms with Crippen LogP contribution >= 0.6 is 11.6 Å². The van der Waals surface area contributed by atoms with Crippen molar-refractivity contribution in [3.63, 3.8) is 0 Å². The smallest absolute Gasteiger partial charge is 0.238 e. The van der Waals surface area contributed by atoms with Crippen LogP contribution in [-0.4, -0.2) is 35.9 Å². The topological polar surface area (TPSA) is 48.1 Å². The van der Waals surface area contributed by atoms with Gasteiger partial charge in [-0.2, -0.15) is 0 Å². The molecule has 0 aliphatic heterocycles. The van der Waals surface area contributed by atoms with Crippen molar-refractivity contribution >= 4 is 28.4 Å². The number of halogens is 1. The number of para-hydroxylation sites is 1. The maximum absolute atomic E-state index is 11.7. The van der Waals surface area contributed by atoms with E-state index < -0.39 is 0 Å². The largest absolute Gasteiger partial charge is 0.356 e. The number of carbonyl (C=O) groups is 1. The number of H-pyrrole nitrogens is 1. The molecule has 2 aromatic rings. The number of hydrogen-bond acceptors (Lipinski definition) is 2. The number of benzene rings is 1. The van der Waals surface area contributed by atoms with Gasteiger partial charge in [0.15, 0.2) is 0 Å². The molecule has 102 valence electrons. The van der Waals surface area contributed by atoms with Crippen molar-refractivity contribution in [3.05, 3.63) is 35.0 Å². The summed E-state index contributed by atoms with van der Waals surface area (Å²) < 4.78 is 0. The van der Waals surface area contributed by atoms with Crippen molar-refractivity contribution in [2.75, 3.05) is 14.1 Å². The molecule has 1 amide bonds. The molecule has 0 saturated heterocycles. The third-order valence-electron chi connectivity index (χ3n) is 3.11. The average molecular weight is 280 g/mol. The Balaban J connectivity index is 2.10. The summed E-state index contributed by atoms with van der Waals surface area (Å²) >= 11 is 6.32. The van der Waals surface area contributed by atoms with Gasteiger partial charge in [-0.1, -0.05) is 29.8 Å². The highest BCUT2D eigenvalue weighted by Gasteiger charge is 2.15. The zero-order chi connectivity index (χ0) is 14.0. The summed E-state index contributed by atoms with van der Waals surface area (Å²) in [6.07, 6.45) is 0. The summed E-state index contributed by atoms with van der Waals surface area (Å²) in [6, 6.07) is 7.64. The van der Waals surface area contributed by atoms with Crippen LogP contribution in [0.3, 0.4) is 0 Å². The molecule has 2 N–H and O–H groups in total. The van der Waals surface area contributed by atoms with Crippen LogP contribution in [0.15, 0.2) is 24.3 Å². The Morgan fingerprint density at radius 3 is 2.74 bits per heavy atom. The number of rotatable bonds is 4. The molecule has 0 radical (unpaired) electrons. The molecule has 1 aromatic carbocycles. The molecular formula is C14H18ClN3O. The first-order valence-corrected chi connectivity index (χ1v) is 6.58. The van der Waals surface area contributed by atoms with Gasteiger partial charge in [-0.15, -0.1) is 0 Å². The van der Waals surface area contributed by atoms with Crippen molar-refractivity contribution in [1.29, 1.82) is 0 Å². The summed E-state index contributed by atoms with van der Waals surface area (Å²) in [5.74, 6) is 0.0484. The number of nitrogens with one attached hydrogen (secondary N) is 2. The lowest BCUT2D eigenvalue weighted by Crippen LogP contribution is -2.41. The molecule has 0 spiro atoms. The van der Waals surface area contributed by atoms with Gasteiger partial charge in [0.25, 0.3) is 0 Å². The molecule has 0 aliphatic carbocycles. The Morgan fingerprint density at radius 2 is 2.11 bits per heavy atom. The Bertz CT molecular complexity index is 591. The Labute approximate surface area is 117 Å². The number of aromatic amines is 1. The minimum Gasteiger partial charge on any atom is -0.356 e. The second kappa shape index (κ2) is 5.63. The maximum atomic E-state index is 11.7. The molecule has 1 unspecified atom stereocenters. The van der Waals surface area contributed by atoms with Crippen molar-refractivity contribution in [3.8, 4) is 0 Å². The molecule has 19 heavy (non-hydrogen) atoms. The first kappa shape index (κ1) is 13.9. The lowest BCUT2D eigenvalue weighted by atomic mass is 10.2. The van der Waals surface area contributed by atoms with E-state index in [1.807, 2.05) is 31.2 Å². The van der Waals surface area contributed by atoms with Crippen LogP contribution in [0.1, 0.15) is 12.6 Å². The Hall–Kier alpha value is -1.52. The van der Waals surface area contributed by atoms with Crippen LogP contribution in [0.5, 0.6) is 0 Å². The first-order chi connectivity index (χ1) is 9.00. The van der Waals surface area contributed by atoms with Crippen LogP contribution in [0.4, 0.5) is 0 Å². The van der Waals surface area contributed by atoms with Crippen molar-refractivity contribution in [2.24, 2.45) is 0 Å². The van der Waals surface area contributed by atoms with E-state index in [2.05, 4.69) is 10.3 Å². The summed E-state index contributed by atoms with van der Waals surface area (Å²) in [4.78, 5) is 16.6. The van der Waals surface area contributed by atoms with Gasteiger partial charge in [-0.05, 0) is 13.0 Å². The fraction of sp³-hybridized carbons (Fsp3) is 0.357. The number of fused-ring (bicyclic) bond motifs is 1. The predicted molar refractivity (Wildman–Crippen MR) is 78.3 cm³/mol.